The van der Waals surface area contributed by atoms with E-state index in [4.69, 9.17) is 5.11 Å². The first kappa shape index (κ1) is 14.7. The normalized spacial score (nSPS) is 9.79. The summed E-state index contributed by atoms with van der Waals surface area (Å²) in [5, 5.41) is 13.6. The second-order valence-electron chi connectivity index (χ2n) is 4.00. The Morgan fingerprint density at radius 1 is 1.21 bits per heavy atom. The molecule has 1 rings (SSSR count). The van der Waals surface area contributed by atoms with E-state index in [0.717, 1.165) is 0 Å². The van der Waals surface area contributed by atoms with E-state index in [1.807, 2.05) is 0 Å². The second kappa shape index (κ2) is 6.53. The van der Waals surface area contributed by atoms with Crippen LogP contribution in [0.5, 0.6) is 0 Å². The fraction of sp³-hybridized carbons (Fsp3) is 0.308. The second-order valence-corrected chi connectivity index (χ2v) is 4.00. The van der Waals surface area contributed by atoms with Gasteiger partial charge in [-0.25, -0.2) is 0 Å². The summed E-state index contributed by atoms with van der Waals surface area (Å²) < 4.78 is 0. The first-order valence-corrected chi connectivity index (χ1v) is 5.79. The smallest absolute Gasteiger partial charge is 0.303 e. The number of benzene rings is 1. The first-order chi connectivity index (χ1) is 8.95. The lowest BCUT2D eigenvalue weighted by molar-refractivity contribution is -0.138. The molecule has 6 nitrogen and oxygen atoms in total. The fourth-order valence-electron chi connectivity index (χ4n) is 1.58. The molecule has 0 bridgehead atoms. The molecule has 6 heteroatoms. The number of carbonyl (C=O) groups is 3. The predicted molar refractivity (Wildman–Crippen MR) is 70.1 cm³/mol. The summed E-state index contributed by atoms with van der Waals surface area (Å²) in [4.78, 5) is 33.5. The highest BCUT2D eigenvalue weighted by Gasteiger charge is 2.12. The number of nitrogens with one attached hydrogen (secondary N) is 2. The van der Waals surface area contributed by atoms with Gasteiger partial charge in [-0.15, -0.1) is 0 Å². The van der Waals surface area contributed by atoms with Crippen LogP contribution in [0.4, 0.5) is 5.69 Å². The van der Waals surface area contributed by atoms with Crippen LogP contribution in [0.2, 0.25) is 0 Å². The molecule has 0 aliphatic rings. The van der Waals surface area contributed by atoms with Crippen LogP contribution in [0.1, 0.15) is 28.8 Å². The van der Waals surface area contributed by atoms with Crippen molar-refractivity contribution in [2.24, 2.45) is 0 Å². The number of carboxylic acids is 1. The topological polar surface area (TPSA) is 95.5 Å². The van der Waals surface area contributed by atoms with Gasteiger partial charge in [0.25, 0.3) is 5.91 Å². The van der Waals surface area contributed by atoms with Crippen molar-refractivity contribution in [2.45, 2.75) is 19.8 Å². The van der Waals surface area contributed by atoms with Gasteiger partial charge in [0.2, 0.25) is 5.91 Å². The summed E-state index contributed by atoms with van der Waals surface area (Å²) in [5.41, 5.74) is 1.63. The van der Waals surface area contributed by atoms with E-state index < -0.39 is 5.97 Å². The van der Waals surface area contributed by atoms with Gasteiger partial charge in [-0.1, -0.05) is 6.07 Å². The van der Waals surface area contributed by atoms with Crippen molar-refractivity contribution in [3.05, 3.63) is 29.3 Å². The van der Waals surface area contributed by atoms with Crippen molar-refractivity contribution in [3.8, 4) is 0 Å². The third-order valence-electron chi connectivity index (χ3n) is 2.65. The molecule has 2 amide bonds. The van der Waals surface area contributed by atoms with Crippen LogP contribution in [0, 0.1) is 6.92 Å². The molecule has 19 heavy (non-hydrogen) atoms. The van der Waals surface area contributed by atoms with E-state index in [2.05, 4.69) is 10.6 Å². The monoisotopic (exact) mass is 264 g/mol. The lowest BCUT2D eigenvalue weighted by Crippen LogP contribution is -2.20. The number of hydrogen-bond acceptors (Lipinski definition) is 3. The Morgan fingerprint density at radius 3 is 2.47 bits per heavy atom. The van der Waals surface area contributed by atoms with E-state index in [-0.39, 0.29) is 24.7 Å². The Hall–Kier alpha value is -2.37. The number of hydrogen-bond donors (Lipinski definition) is 3. The molecule has 0 radical (unpaired) electrons. The molecular formula is C13H16N2O4. The highest BCUT2D eigenvalue weighted by Crippen LogP contribution is 2.19. The van der Waals surface area contributed by atoms with Crippen molar-refractivity contribution in [1.82, 2.24) is 5.32 Å². The van der Waals surface area contributed by atoms with Gasteiger partial charge in [0.05, 0.1) is 6.42 Å². The lowest BCUT2D eigenvalue weighted by Gasteiger charge is -2.11. The molecule has 0 aliphatic carbocycles. The SMILES string of the molecule is CNC(=O)c1cccc(NC(=O)CCC(=O)O)c1C. The third kappa shape index (κ3) is 4.09. The van der Waals surface area contributed by atoms with E-state index in [9.17, 15) is 14.4 Å². The quantitative estimate of drug-likeness (QED) is 0.743. The zero-order valence-corrected chi connectivity index (χ0v) is 10.8. The number of aliphatic carboxylic acids is 1. The van der Waals surface area contributed by atoms with Crippen LogP contribution in [0.25, 0.3) is 0 Å². The van der Waals surface area contributed by atoms with E-state index in [1.54, 1.807) is 25.1 Å². The average Bonchev–Trinajstić information content (AvgIpc) is 2.38. The minimum absolute atomic E-state index is 0.0982. The molecule has 1 aromatic carbocycles. The average molecular weight is 264 g/mol. The summed E-state index contributed by atoms with van der Waals surface area (Å²) in [6, 6.07) is 4.98. The molecule has 0 spiro atoms. The van der Waals surface area contributed by atoms with Gasteiger partial charge in [0, 0.05) is 24.7 Å². The Kier molecular flexibility index (Phi) is 5.05. The largest absolute Gasteiger partial charge is 0.481 e. The minimum atomic E-state index is -1.02. The minimum Gasteiger partial charge on any atom is -0.481 e. The Balaban J connectivity index is 2.82. The van der Waals surface area contributed by atoms with E-state index in [0.29, 0.717) is 16.8 Å². The molecule has 0 aromatic heterocycles. The first-order valence-electron chi connectivity index (χ1n) is 5.79. The zero-order valence-electron chi connectivity index (χ0n) is 10.8. The lowest BCUT2D eigenvalue weighted by atomic mass is 10.1. The summed E-state index contributed by atoms with van der Waals surface area (Å²) in [7, 11) is 1.53. The van der Waals surface area contributed by atoms with Gasteiger partial charge < -0.3 is 15.7 Å². The molecule has 1 aromatic rings. The molecule has 0 saturated carbocycles. The van der Waals surface area contributed by atoms with E-state index >= 15 is 0 Å². The van der Waals surface area contributed by atoms with Gasteiger partial charge in [-0.2, -0.15) is 0 Å². The highest BCUT2D eigenvalue weighted by atomic mass is 16.4. The molecular weight excluding hydrogens is 248 g/mol. The molecule has 0 fully saturated rings. The molecule has 0 unspecified atom stereocenters. The summed E-state index contributed by atoms with van der Waals surface area (Å²) in [5.74, 6) is -1.65. The Morgan fingerprint density at radius 2 is 1.89 bits per heavy atom. The van der Waals surface area contributed by atoms with Gasteiger partial charge in [0.15, 0.2) is 0 Å². The standard InChI is InChI=1S/C13H16N2O4/c1-8-9(13(19)14-2)4-3-5-10(8)15-11(16)6-7-12(17)18/h3-5H,6-7H2,1-2H3,(H,14,19)(H,15,16)(H,17,18). The number of carbonyl (C=O) groups excluding carboxylic acids is 2. The molecule has 3 N–H and O–H groups in total. The van der Waals surface area contributed by atoms with Crippen LogP contribution in [-0.4, -0.2) is 29.9 Å². The van der Waals surface area contributed by atoms with E-state index in [1.165, 1.54) is 7.05 Å². The number of rotatable bonds is 5. The van der Waals surface area contributed by atoms with Crippen LogP contribution in [0.3, 0.4) is 0 Å². The Bertz CT molecular complexity index is 511. The molecule has 0 aliphatic heterocycles. The maximum atomic E-state index is 11.6. The maximum absolute atomic E-state index is 11.6. The molecule has 0 atom stereocenters. The summed E-state index contributed by atoms with van der Waals surface area (Å²) >= 11 is 0. The van der Waals surface area contributed by atoms with Gasteiger partial charge >= 0.3 is 5.97 Å². The zero-order chi connectivity index (χ0) is 14.4. The summed E-state index contributed by atoms with van der Waals surface area (Å²) in [6.07, 6.45) is -0.320. The van der Waals surface area contributed by atoms with Crippen molar-refractivity contribution < 1.29 is 19.5 Å². The van der Waals surface area contributed by atoms with Gasteiger partial charge in [-0.05, 0) is 24.6 Å². The Labute approximate surface area is 110 Å². The molecule has 0 saturated heterocycles. The van der Waals surface area contributed by atoms with Crippen molar-refractivity contribution in [2.75, 3.05) is 12.4 Å². The van der Waals surface area contributed by atoms with Gasteiger partial charge in [0.1, 0.15) is 0 Å². The number of carboxylic acid groups (broad SMARTS) is 1. The summed E-state index contributed by atoms with van der Waals surface area (Å²) in [6.45, 7) is 1.72. The number of anilines is 1. The van der Waals surface area contributed by atoms with Crippen molar-refractivity contribution in [1.29, 1.82) is 0 Å². The van der Waals surface area contributed by atoms with Crippen LogP contribution in [-0.2, 0) is 9.59 Å². The van der Waals surface area contributed by atoms with Crippen molar-refractivity contribution >= 4 is 23.5 Å². The third-order valence-corrected chi connectivity index (χ3v) is 2.65. The molecule has 102 valence electrons. The van der Waals surface area contributed by atoms with Gasteiger partial charge in [-0.3, -0.25) is 14.4 Å². The maximum Gasteiger partial charge on any atom is 0.303 e. The highest BCUT2D eigenvalue weighted by molar-refractivity contribution is 5.99. The fourth-order valence-corrected chi connectivity index (χ4v) is 1.58. The van der Waals surface area contributed by atoms with Crippen LogP contribution in [0.15, 0.2) is 18.2 Å². The van der Waals surface area contributed by atoms with Crippen molar-refractivity contribution in [3.63, 3.8) is 0 Å². The molecule has 0 heterocycles. The van der Waals surface area contributed by atoms with Crippen LogP contribution < -0.4 is 10.6 Å². The number of amides is 2. The predicted octanol–water partition coefficient (Wildman–Crippen LogP) is 1.16. The van der Waals surface area contributed by atoms with Crippen LogP contribution >= 0.6 is 0 Å².